The molecule has 1 aromatic rings. The minimum absolute atomic E-state index is 0.385. The molecule has 0 fully saturated rings. The van der Waals surface area contributed by atoms with Crippen LogP contribution >= 0.6 is 0 Å². The molecule has 0 heterocycles. The molecule has 17 heavy (non-hydrogen) atoms. The zero-order valence-corrected chi connectivity index (χ0v) is 12.8. The summed E-state index contributed by atoms with van der Waals surface area (Å²) in [5.74, 6) is 0.745. The zero-order chi connectivity index (χ0) is 13.5. The summed E-state index contributed by atoms with van der Waals surface area (Å²) in [6, 6.07) is 9.05. The van der Waals surface area contributed by atoms with Crippen LogP contribution in [0.1, 0.15) is 59.6 Å². The van der Waals surface area contributed by atoms with E-state index in [1.165, 1.54) is 24.0 Å². The molecule has 0 N–H and O–H groups in total. The first kappa shape index (κ1) is 16.2. The van der Waals surface area contributed by atoms with E-state index in [0.29, 0.717) is 5.41 Å². The summed E-state index contributed by atoms with van der Waals surface area (Å²) in [6.45, 7) is 15.4. The third-order valence-corrected chi connectivity index (χ3v) is 2.37. The first-order valence-electron chi connectivity index (χ1n) is 6.94. The second kappa shape index (κ2) is 7.53. The van der Waals surface area contributed by atoms with Crippen molar-refractivity contribution in [3.05, 3.63) is 35.4 Å². The Labute approximate surface area is 108 Å². The summed E-state index contributed by atoms with van der Waals surface area (Å²) in [4.78, 5) is 0. The maximum absolute atomic E-state index is 2.37. The Bertz CT molecular complexity index is 302. The van der Waals surface area contributed by atoms with Crippen LogP contribution < -0.4 is 0 Å². The van der Waals surface area contributed by atoms with Crippen molar-refractivity contribution in [2.75, 3.05) is 0 Å². The molecule has 0 aliphatic carbocycles. The van der Waals surface area contributed by atoms with Crippen molar-refractivity contribution in [2.45, 2.75) is 61.3 Å². The predicted molar refractivity (Wildman–Crippen MR) is 79.5 cm³/mol. The molecular weight excluding hydrogens is 204 g/mol. The molecule has 0 heteroatoms. The average Bonchev–Trinajstić information content (AvgIpc) is 2.17. The molecule has 0 unspecified atom stereocenters. The summed E-state index contributed by atoms with van der Waals surface area (Å²) < 4.78 is 0. The van der Waals surface area contributed by atoms with Crippen LogP contribution in [0.25, 0.3) is 0 Å². The van der Waals surface area contributed by atoms with Crippen LogP contribution in [0.3, 0.4) is 0 Å². The standard InChI is InChI=1S/C15H24.C2H6/c1-12(2)9-13-7-6-8-14(10-13)11-15(3,4)5;1-2/h6-8,10,12H,9,11H2,1-5H3;1-2H3. The summed E-state index contributed by atoms with van der Waals surface area (Å²) in [5, 5.41) is 0. The van der Waals surface area contributed by atoms with Gasteiger partial charge in [-0.1, -0.05) is 72.7 Å². The average molecular weight is 234 g/mol. The molecule has 0 bridgehead atoms. The van der Waals surface area contributed by atoms with E-state index in [1.807, 2.05) is 13.8 Å². The van der Waals surface area contributed by atoms with Gasteiger partial charge in [0.1, 0.15) is 0 Å². The van der Waals surface area contributed by atoms with Crippen LogP contribution in [0.4, 0.5) is 0 Å². The van der Waals surface area contributed by atoms with Crippen molar-refractivity contribution in [1.29, 1.82) is 0 Å². The fourth-order valence-electron chi connectivity index (χ4n) is 1.95. The molecule has 0 aromatic heterocycles. The lowest BCUT2D eigenvalue weighted by atomic mass is 9.87. The Morgan fingerprint density at radius 2 is 1.53 bits per heavy atom. The highest BCUT2D eigenvalue weighted by atomic mass is 14.2. The second-order valence-corrected chi connectivity index (χ2v) is 6.16. The van der Waals surface area contributed by atoms with E-state index in [1.54, 1.807) is 0 Å². The molecule has 0 atom stereocenters. The lowest BCUT2D eigenvalue weighted by Gasteiger charge is -2.18. The topological polar surface area (TPSA) is 0 Å². The Kier molecular flexibility index (Phi) is 7.18. The molecule has 0 aliphatic heterocycles. The number of rotatable bonds is 3. The minimum atomic E-state index is 0.385. The van der Waals surface area contributed by atoms with Crippen LogP contribution in [0.2, 0.25) is 0 Å². The first-order chi connectivity index (χ1) is 7.87. The molecule has 0 saturated carbocycles. The van der Waals surface area contributed by atoms with Gasteiger partial charge in [0, 0.05) is 0 Å². The number of hydrogen-bond acceptors (Lipinski definition) is 0. The molecule has 1 rings (SSSR count). The summed E-state index contributed by atoms with van der Waals surface area (Å²) >= 11 is 0. The van der Waals surface area contributed by atoms with Crippen LogP contribution in [0.5, 0.6) is 0 Å². The van der Waals surface area contributed by atoms with Crippen molar-refractivity contribution in [1.82, 2.24) is 0 Å². The van der Waals surface area contributed by atoms with E-state index in [2.05, 4.69) is 58.9 Å². The van der Waals surface area contributed by atoms with E-state index in [4.69, 9.17) is 0 Å². The Balaban J connectivity index is 0.00000121. The fraction of sp³-hybridized carbons (Fsp3) is 0.647. The van der Waals surface area contributed by atoms with E-state index in [-0.39, 0.29) is 0 Å². The van der Waals surface area contributed by atoms with Gasteiger partial charge in [0.25, 0.3) is 0 Å². The van der Waals surface area contributed by atoms with Crippen molar-refractivity contribution in [3.63, 3.8) is 0 Å². The van der Waals surface area contributed by atoms with Gasteiger partial charge in [-0.25, -0.2) is 0 Å². The lowest BCUT2D eigenvalue weighted by molar-refractivity contribution is 0.411. The van der Waals surface area contributed by atoms with Crippen molar-refractivity contribution in [2.24, 2.45) is 11.3 Å². The Morgan fingerprint density at radius 3 is 2.00 bits per heavy atom. The maximum Gasteiger partial charge on any atom is -0.0230 e. The molecule has 0 nitrogen and oxygen atoms in total. The van der Waals surface area contributed by atoms with Gasteiger partial charge in [-0.2, -0.15) is 0 Å². The molecule has 0 amide bonds. The lowest BCUT2D eigenvalue weighted by Crippen LogP contribution is -2.09. The quantitative estimate of drug-likeness (QED) is 0.648. The van der Waals surface area contributed by atoms with Crippen LogP contribution in [0.15, 0.2) is 24.3 Å². The van der Waals surface area contributed by atoms with Crippen molar-refractivity contribution < 1.29 is 0 Å². The van der Waals surface area contributed by atoms with Gasteiger partial charge in [0.2, 0.25) is 0 Å². The van der Waals surface area contributed by atoms with E-state index < -0.39 is 0 Å². The molecule has 0 saturated heterocycles. The highest BCUT2D eigenvalue weighted by Crippen LogP contribution is 2.21. The summed E-state index contributed by atoms with van der Waals surface area (Å²) in [5.41, 5.74) is 3.34. The zero-order valence-electron chi connectivity index (χ0n) is 12.8. The van der Waals surface area contributed by atoms with Gasteiger partial charge in [0.15, 0.2) is 0 Å². The molecule has 0 spiro atoms. The highest BCUT2D eigenvalue weighted by Gasteiger charge is 2.11. The molecule has 98 valence electrons. The SMILES string of the molecule is CC.CC(C)Cc1cccc(CC(C)(C)C)c1. The predicted octanol–water partition coefficient (Wildman–Crippen LogP) is 5.50. The maximum atomic E-state index is 2.37. The van der Waals surface area contributed by atoms with Gasteiger partial charge < -0.3 is 0 Å². The van der Waals surface area contributed by atoms with Crippen molar-refractivity contribution in [3.8, 4) is 0 Å². The smallest absolute Gasteiger partial charge is 0.0230 e. The van der Waals surface area contributed by atoms with E-state index in [9.17, 15) is 0 Å². The fourth-order valence-corrected chi connectivity index (χ4v) is 1.95. The van der Waals surface area contributed by atoms with Gasteiger partial charge >= 0.3 is 0 Å². The minimum Gasteiger partial charge on any atom is -0.0683 e. The highest BCUT2D eigenvalue weighted by molar-refractivity contribution is 5.24. The third kappa shape index (κ3) is 8.01. The van der Waals surface area contributed by atoms with Crippen molar-refractivity contribution >= 4 is 0 Å². The molecular formula is C17H30. The van der Waals surface area contributed by atoms with Crippen LogP contribution in [-0.4, -0.2) is 0 Å². The van der Waals surface area contributed by atoms with Crippen LogP contribution in [0, 0.1) is 11.3 Å². The summed E-state index contributed by atoms with van der Waals surface area (Å²) in [6.07, 6.45) is 2.36. The summed E-state index contributed by atoms with van der Waals surface area (Å²) in [7, 11) is 0. The Morgan fingerprint density at radius 1 is 1.00 bits per heavy atom. The van der Waals surface area contributed by atoms with Gasteiger partial charge in [-0.3, -0.25) is 0 Å². The third-order valence-electron chi connectivity index (χ3n) is 2.37. The van der Waals surface area contributed by atoms with Gasteiger partial charge in [0.05, 0.1) is 0 Å². The number of hydrogen-bond donors (Lipinski definition) is 0. The Hall–Kier alpha value is -0.780. The first-order valence-corrected chi connectivity index (χ1v) is 6.94. The van der Waals surface area contributed by atoms with Crippen LogP contribution in [-0.2, 0) is 12.8 Å². The monoisotopic (exact) mass is 234 g/mol. The van der Waals surface area contributed by atoms with E-state index in [0.717, 1.165) is 5.92 Å². The second-order valence-electron chi connectivity index (χ2n) is 6.16. The molecule has 0 radical (unpaired) electrons. The van der Waals surface area contributed by atoms with Gasteiger partial charge in [-0.15, -0.1) is 0 Å². The van der Waals surface area contributed by atoms with E-state index >= 15 is 0 Å². The molecule has 1 aromatic carbocycles. The molecule has 0 aliphatic rings. The normalized spacial score (nSPS) is 11.1. The van der Waals surface area contributed by atoms with Gasteiger partial charge in [-0.05, 0) is 35.3 Å². The largest absolute Gasteiger partial charge is 0.0683 e. The number of benzene rings is 1.